The van der Waals surface area contributed by atoms with Crippen LogP contribution in [0.25, 0.3) is 11.3 Å². The normalized spacial score (nSPS) is 10.7. The van der Waals surface area contributed by atoms with Gasteiger partial charge < -0.3 is 9.88 Å². The van der Waals surface area contributed by atoms with Crippen LogP contribution in [0.4, 0.5) is 4.39 Å². The third-order valence-electron chi connectivity index (χ3n) is 2.46. The predicted molar refractivity (Wildman–Crippen MR) is 61.4 cm³/mol. The monoisotopic (exact) mass is 219 g/mol. The zero-order chi connectivity index (χ0) is 11.5. The van der Waals surface area contributed by atoms with Crippen molar-refractivity contribution in [2.75, 3.05) is 7.05 Å². The van der Waals surface area contributed by atoms with Gasteiger partial charge in [0.2, 0.25) is 0 Å². The molecule has 1 aromatic carbocycles. The van der Waals surface area contributed by atoms with Gasteiger partial charge >= 0.3 is 0 Å². The van der Waals surface area contributed by atoms with E-state index in [2.05, 4.69) is 10.3 Å². The molecule has 0 unspecified atom stereocenters. The number of halogens is 1. The van der Waals surface area contributed by atoms with Gasteiger partial charge in [-0.15, -0.1) is 0 Å². The van der Waals surface area contributed by atoms with Crippen LogP contribution < -0.4 is 5.32 Å². The van der Waals surface area contributed by atoms with Crippen LogP contribution in [-0.4, -0.2) is 16.6 Å². The lowest BCUT2D eigenvalue weighted by atomic mass is 10.1. The summed E-state index contributed by atoms with van der Waals surface area (Å²) in [6.45, 7) is 0.673. The van der Waals surface area contributed by atoms with Crippen molar-refractivity contribution >= 4 is 0 Å². The van der Waals surface area contributed by atoms with Crippen molar-refractivity contribution in [3.63, 3.8) is 0 Å². The Kier molecular flexibility index (Phi) is 3.01. The molecule has 16 heavy (non-hydrogen) atoms. The molecule has 4 heteroatoms. The standard InChI is InChI=1S/C12H14FN3/c1-14-7-11-12(16(2)8-15-11)9-4-3-5-10(13)6-9/h3-6,8,14H,7H2,1-2H3. The minimum atomic E-state index is -0.228. The molecular formula is C12H14FN3. The molecule has 0 aliphatic heterocycles. The first-order valence-corrected chi connectivity index (χ1v) is 5.13. The van der Waals surface area contributed by atoms with Gasteiger partial charge in [0.05, 0.1) is 17.7 Å². The lowest BCUT2D eigenvalue weighted by molar-refractivity contribution is 0.628. The second-order valence-corrected chi connectivity index (χ2v) is 3.69. The highest BCUT2D eigenvalue weighted by Crippen LogP contribution is 2.23. The quantitative estimate of drug-likeness (QED) is 0.855. The fourth-order valence-electron chi connectivity index (χ4n) is 1.78. The Labute approximate surface area is 93.9 Å². The number of benzene rings is 1. The summed E-state index contributed by atoms with van der Waals surface area (Å²) >= 11 is 0. The molecule has 0 radical (unpaired) electrons. The molecule has 0 atom stereocenters. The molecule has 1 aromatic heterocycles. The molecule has 2 rings (SSSR count). The van der Waals surface area contributed by atoms with Crippen LogP contribution in [0.5, 0.6) is 0 Å². The molecule has 0 saturated carbocycles. The summed E-state index contributed by atoms with van der Waals surface area (Å²) in [5.74, 6) is -0.228. The number of aromatic nitrogens is 2. The summed E-state index contributed by atoms with van der Waals surface area (Å²) in [6, 6.07) is 6.56. The van der Waals surface area contributed by atoms with Crippen LogP contribution in [0.2, 0.25) is 0 Å². The Morgan fingerprint density at radius 1 is 1.44 bits per heavy atom. The van der Waals surface area contributed by atoms with Crippen molar-refractivity contribution in [2.45, 2.75) is 6.54 Å². The summed E-state index contributed by atoms with van der Waals surface area (Å²) in [5, 5.41) is 3.05. The van der Waals surface area contributed by atoms with Gasteiger partial charge in [-0.05, 0) is 19.2 Å². The van der Waals surface area contributed by atoms with Crippen LogP contribution in [0.1, 0.15) is 5.69 Å². The second kappa shape index (κ2) is 4.45. The van der Waals surface area contributed by atoms with Crippen molar-refractivity contribution in [1.82, 2.24) is 14.9 Å². The van der Waals surface area contributed by atoms with Crippen LogP contribution in [0.3, 0.4) is 0 Å². The zero-order valence-electron chi connectivity index (χ0n) is 9.37. The van der Waals surface area contributed by atoms with Gasteiger partial charge in [0.25, 0.3) is 0 Å². The topological polar surface area (TPSA) is 29.9 Å². The van der Waals surface area contributed by atoms with Crippen molar-refractivity contribution < 1.29 is 4.39 Å². The number of hydrogen-bond acceptors (Lipinski definition) is 2. The largest absolute Gasteiger partial charge is 0.333 e. The van der Waals surface area contributed by atoms with E-state index >= 15 is 0 Å². The molecule has 3 nitrogen and oxygen atoms in total. The molecule has 0 aliphatic rings. The van der Waals surface area contributed by atoms with Gasteiger partial charge in [-0.3, -0.25) is 0 Å². The maximum absolute atomic E-state index is 13.2. The number of imidazole rings is 1. The third-order valence-corrected chi connectivity index (χ3v) is 2.46. The van der Waals surface area contributed by atoms with E-state index in [1.54, 1.807) is 12.4 Å². The fourth-order valence-corrected chi connectivity index (χ4v) is 1.78. The van der Waals surface area contributed by atoms with E-state index in [1.807, 2.05) is 24.7 Å². The molecule has 2 aromatic rings. The highest BCUT2D eigenvalue weighted by Gasteiger charge is 2.10. The highest BCUT2D eigenvalue weighted by atomic mass is 19.1. The molecule has 0 aliphatic carbocycles. The fraction of sp³-hybridized carbons (Fsp3) is 0.250. The van der Waals surface area contributed by atoms with E-state index < -0.39 is 0 Å². The van der Waals surface area contributed by atoms with Gasteiger partial charge in [0.15, 0.2) is 0 Å². The number of nitrogens with zero attached hydrogens (tertiary/aromatic N) is 2. The Bertz CT molecular complexity index is 491. The number of hydrogen-bond donors (Lipinski definition) is 1. The lowest BCUT2D eigenvalue weighted by Crippen LogP contribution is -2.07. The van der Waals surface area contributed by atoms with E-state index in [0.29, 0.717) is 6.54 Å². The summed E-state index contributed by atoms with van der Waals surface area (Å²) in [4.78, 5) is 4.29. The lowest BCUT2D eigenvalue weighted by Gasteiger charge is -2.06. The first-order chi connectivity index (χ1) is 7.72. The minimum Gasteiger partial charge on any atom is -0.333 e. The van der Waals surface area contributed by atoms with Gasteiger partial charge in [-0.25, -0.2) is 9.37 Å². The molecule has 0 amide bonds. The number of rotatable bonds is 3. The smallest absolute Gasteiger partial charge is 0.123 e. The van der Waals surface area contributed by atoms with Crippen LogP contribution in [-0.2, 0) is 13.6 Å². The second-order valence-electron chi connectivity index (χ2n) is 3.69. The molecule has 1 heterocycles. The van der Waals surface area contributed by atoms with Gasteiger partial charge in [0.1, 0.15) is 5.82 Å². The molecule has 0 spiro atoms. The molecule has 1 N–H and O–H groups in total. The van der Waals surface area contributed by atoms with Gasteiger partial charge in [-0.2, -0.15) is 0 Å². The summed E-state index contributed by atoms with van der Waals surface area (Å²) in [7, 11) is 3.77. The Morgan fingerprint density at radius 2 is 2.25 bits per heavy atom. The Balaban J connectivity index is 2.50. The Hall–Kier alpha value is -1.68. The van der Waals surface area contributed by atoms with E-state index in [0.717, 1.165) is 17.0 Å². The average molecular weight is 219 g/mol. The maximum atomic E-state index is 13.2. The molecule has 0 saturated heterocycles. The SMILES string of the molecule is CNCc1ncn(C)c1-c1cccc(F)c1. The van der Waals surface area contributed by atoms with Crippen LogP contribution >= 0.6 is 0 Å². The van der Waals surface area contributed by atoms with Crippen molar-refractivity contribution in [1.29, 1.82) is 0 Å². The first-order valence-electron chi connectivity index (χ1n) is 5.13. The molecule has 0 bridgehead atoms. The zero-order valence-corrected chi connectivity index (χ0v) is 9.37. The van der Waals surface area contributed by atoms with E-state index in [4.69, 9.17) is 0 Å². The molecule has 84 valence electrons. The van der Waals surface area contributed by atoms with E-state index in [1.165, 1.54) is 12.1 Å². The maximum Gasteiger partial charge on any atom is 0.123 e. The number of aryl methyl sites for hydroxylation is 1. The van der Waals surface area contributed by atoms with Crippen molar-refractivity contribution in [3.05, 3.63) is 42.1 Å². The summed E-state index contributed by atoms with van der Waals surface area (Å²) < 4.78 is 15.1. The van der Waals surface area contributed by atoms with Crippen LogP contribution in [0, 0.1) is 5.82 Å². The first kappa shape index (κ1) is 10.8. The molecule has 0 fully saturated rings. The van der Waals surface area contributed by atoms with Gasteiger partial charge in [0, 0.05) is 19.2 Å². The van der Waals surface area contributed by atoms with E-state index in [-0.39, 0.29) is 5.82 Å². The predicted octanol–water partition coefficient (Wildman–Crippen LogP) is 1.95. The third kappa shape index (κ3) is 1.97. The summed E-state index contributed by atoms with van der Waals surface area (Å²) in [5.41, 5.74) is 2.73. The summed E-state index contributed by atoms with van der Waals surface area (Å²) in [6.07, 6.45) is 1.74. The Morgan fingerprint density at radius 3 is 2.94 bits per heavy atom. The molecular weight excluding hydrogens is 205 g/mol. The van der Waals surface area contributed by atoms with Gasteiger partial charge in [-0.1, -0.05) is 12.1 Å². The van der Waals surface area contributed by atoms with Crippen molar-refractivity contribution in [2.24, 2.45) is 7.05 Å². The highest BCUT2D eigenvalue weighted by molar-refractivity contribution is 5.62. The number of nitrogens with one attached hydrogen (secondary N) is 1. The van der Waals surface area contributed by atoms with Crippen LogP contribution in [0.15, 0.2) is 30.6 Å². The average Bonchev–Trinajstić information content (AvgIpc) is 2.60. The van der Waals surface area contributed by atoms with E-state index in [9.17, 15) is 4.39 Å². The minimum absolute atomic E-state index is 0.228. The van der Waals surface area contributed by atoms with Crippen molar-refractivity contribution in [3.8, 4) is 11.3 Å².